The number of nitrogens with zero attached hydrogens (tertiary/aromatic N) is 1. The number of anilines is 3. The third kappa shape index (κ3) is 4.29. The van der Waals surface area contributed by atoms with Crippen molar-refractivity contribution >= 4 is 28.9 Å². The Morgan fingerprint density at radius 3 is 2.48 bits per heavy atom. The minimum Gasteiger partial charge on any atom is -0.376 e. The van der Waals surface area contributed by atoms with Crippen LogP contribution in [0.2, 0.25) is 0 Å². The Bertz CT molecular complexity index is 1040. The highest BCUT2D eigenvalue weighted by Gasteiger charge is 2.23. The van der Waals surface area contributed by atoms with E-state index >= 15 is 0 Å². The van der Waals surface area contributed by atoms with E-state index in [9.17, 15) is 9.59 Å². The summed E-state index contributed by atoms with van der Waals surface area (Å²) in [5.41, 5.74) is 5.44. The predicted molar refractivity (Wildman–Crippen MR) is 117 cm³/mol. The number of benzene rings is 3. The van der Waals surface area contributed by atoms with Gasteiger partial charge in [-0.3, -0.25) is 9.59 Å². The first-order chi connectivity index (χ1) is 14.1. The lowest BCUT2D eigenvalue weighted by atomic mass is 10.1. The summed E-state index contributed by atoms with van der Waals surface area (Å²) in [5.74, 6) is -0.0935. The topological polar surface area (TPSA) is 61.4 Å². The normalized spacial score (nSPS) is 12.4. The van der Waals surface area contributed by atoms with E-state index in [4.69, 9.17) is 0 Å². The maximum Gasteiger partial charge on any atom is 0.255 e. The van der Waals surface area contributed by atoms with Crippen LogP contribution in [0.4, 0.5) is 17.1 Å². The van der Waals surface area contributed by atoms with Crippen LogP contribution in [0.1, 0.15) is 21.5 Å². The lowest BCUT2D eigenvalue weighted by Gasteiger charge is -2.18. The van der Waals surface area contributed by atoms with Crippen molar-refractivity contribution in [2.24, 2.45) is 0 Å². The zero-order chi connectivity index (χ0) is 20.2. The van der Waals surface area contributed by atoms with Crippen LogP contribution >= 0.6 is 0 Å². The van der Waals surface area contributed by atoms with Crippen LogP contribution in [0.15, 0.2) is 72.8 Å². The molecule has 2 N–H and O–H groups in total. The van der Waals surface area contributed by atoms with Crippen molar-refractivity contribution in [2.45, 2.75) is 13.3 Å². The molecule has 3 aromatic carbocycles. The van der Waals surface area contributed by atoms with Crippen molar-refractivity contribution in [2.75, 3.05) is 28.6 Å². The Morgan fingerprint density at radius 1 is 0.931 bits per heavy atom. The largest absolute Gasteiger partial charge is 0.376 e. The maximum atomic E-state index is 12.6. The second-order valence-corrected chi connectivity index (χ2v) is 7.18. The SMILES string of the molecule is Cc1cccc(C(=O)Nc2ccc(NCC(=O)N3CCc4ccccc43)cc2)c1. The summed E-state index contributed by atoms with van der Waals surface area (Å²) in [4.78, 5) is 26.8. The summed E-state index contributed by atoms with van der Waals surface area (Å²) >= 11 is 0. The summed E-state index contributed by atoms with van der Waals surface area (Å²) in [5, 5.41) is 6.06. The summed E-state index contributed by atoms with van der Waals surface area (Å²) in [6.45, 7) is 2.91. The molecule has 0 radical (unpaired) electrons. The molecule has 3 aromatic rings. The molecule has 2 amide bonds. The van der Waals surface area contributed by atoms with Crippen LogP contribution in [0.3, 0.4) is 0 Å². The van der Waals surface area contributed by atoms with Crippen LogP contribution in [0, 0.1) is 6.92 Å². The summed E-state index contributed by atoms with van der Waals surface area (Å²) in [7, 11) is 0. The van der Waals surface area contributed by atoms with Gasteiger partial charge in [-0.2, -0.15) is 0 Å². The first-order valence-corrected chi connectivity index (χ1v) is 9.70. The summed E-state index contributed by atoms with van der Waals surface area (Å²) in [6.07, 6.45) is 0.900. The number of carbonyl (C=O) groups excluding carboxylic acids is 2. The fourth-order valence-electron chi connectivity index (χ4n) is 3.53. The molecule has 0 atom stereocenters. The van der Waals surface area contributed by atoms with Crippen LogP contribution in [-0.4, -0.2) is 24.9 Å². The number of hydrogen-bond acceptors (Lipinski definition) is 3. The van der Waals surface area contributed by atoms with Crippen molar-refractivity contribution in [3.8, 4) is 0 Å². The van der Waals surface area contributed by atoms with Gasteiger partial charge < -0.3 is 15.5 Å². The van der Waals surface area contributed by atoms with Gasteiger partial charge in [0.1, 0.15) is 0 Å². The van der Waals surface area contributed by atoms with Crippen LogP contribution in [-0.2, 0) is 11.2 Å². The van der Waals surface area contributed by atoms with Gasteiger partial charge in [0.2, 0.25) is 5.91 Å². The second kappa shape index (κ2) is 8.19. The number of hydrogen-bond donors (Lipinski definition) is 2. The highest BCUT2D eigenvalue weighted by Crippen LogP contribution is 2.27. The molecule has 29 heavy (non-hydrogen) atoms. The number of fused-ring (bicyclic) bond motifs is 1. The average molecular weight is 385 g/mol. The molecule has 0 saturated heterocycles. The van der Waals surface area contributed by atoms with Gasteiger partial charge in [0.05, 0.1) is 6.54 Å². The van der Waals surface area contributed by atoms with E-state index < -0.39 is 0 Å². The van der Waals surface area contributed by atoms with E-state index in [1.165, 1.54) is 5.56 Å². The number of aryl methyl sites for hydroxylation is 1. The lowest BCUT2D eigenvalue weighted by Crippen LogP contribution is -2.34. The van der Waals surface area contributed by atoms with Crippen molar-refractivity contribution in [1.82, 2.24) is 0 Å². The van der Waals surface area contributed by atoms with E-state index in [2.05, 4.69) is 16.7 Å². The molecular formula is C24H23N3O2. The molecule has 0 saturated carbocycles. The van der Waals surface area contributed by atoms with E-state index in [0.29, 0.717) is 11.3 Å². The average Bonchev–Trinajstić information content (AvgIpc) is 3.17. The van der Waals surface area contributed by atoms with Crippen LogP contribution in [0.25, 0.3) is 0 Å². The van der Waals surface area contributed by atoms with Gasteiger partial charge in [-0.25, -0.2) is 0 Å². The molecule has 4 rings (SSSR count). The minimum absolute atomic E-state index is 0.0479. The Balaban J connectivity index is 1.33. The van der Waals surface area contributed by atoms with E-state index in [1.807, 2.05) is 72.5 Å². The molecule has 0 aliphatic carbocycles. The molecule has 0 aromatic heterocycles. The number of para-hydroxylation sites is 1. The maximum absolute atomic E-state index is 12.6. The van der Waals surface area contributed by atoms with Gasteiger partial charge in [0, 0.05) is 29.2 Å². The summed E-state index contributed by atoms with van der Waals surface area (Å²) < 4.78 is 0. The molecule has 5 nitrogen and oxygen atoms in total. The molecule has 0 spiro atoms. The van der Waals surface area contributed by atoms with Crippen molar-refractivity contribution in [3.63, 3.8) is 0 Å². The fourth-order valence-corrected chi connectivity index (χ4v) is 3.53. The highest BCUT2D eigenvalue weighted by atomic mass is 16.2. The smallest absolute Gasteiger partial charge is 0.255 e. The second-order valence-electron chi connectivity index (χ2n) is 7.18. The third-order valence-corrected chi connectivity index (χ3v) is 5.05. The Kier molecular flexibility index (Phi) is 5.29. The van der Waals surface area contributed by atoms with Crippen LogP contribution < -0.4 is 15.5 Å². The molecule has 5 heteroatoms. The van der Waals surface area contributed by atoms with E-state index in [0.717, 1.165) is 29.9 Å². The van der Waals surface area contributed by atoms with Crippen molar-refractivity contribution in [1.29, 1.82) is 0 Å². The van der Waals surface area contributed by atoms with Gasteiger partial charge >= 0.3 is 0 Å². The van der Waals surface area contributed by atoms with Crippen LogP contribution in [0.5, 0.6) is 0 Å². The first-order valence-electron chi connectivity index (χ1n) is 9.70. The quantitative estimate of drug-likeness (QED) is 0.690. The Labute approximate surface area is 170 Å². The highest BCUT2D eigenvalue weighted by molar-refractivity contribution is 6.04. The molecular weight excluding hydrogens is 362 g/mol. The zero-order valence-corrected chi connectivity index (χ0v) is 16.3. The molecule has 146 valence electrons. The number of rotatable bonds is 5. The summed E-state index contributed by atoms with van der Waals surface area (Å²) in [6, 6.07) is 22.9. The fraction of sp³-hybridized carbons (Fsp3) is 0.167. The molecule has 0 unspecified atom stereocenters. The monoisotopic (exact) mass is 385 g/mol. The zero-order valence-electron chi connectivity index (χ0n) is 16.3. The molecule has 1 aliphatic heterocycles. The molecule has 1 aliphatic rings. The van der Waals surface area contributed by atoms with Crippen molar-refractivity contribution in [3.05, 3.63) is 89.5 Å². The number of amides is 2. The Hall–Kier alpha value is -3.60. The van der Waals surface area contributed by atoms with E-state index in [1.54, 1.807) is 6.07 Å². The third-order valence-electron chi connectivity index (χ3n) is 5.05. The molecule has 1 heterocycles. The van der Waals surface area contributed by atoms with Gasteiger partial charge in [-0.15, -0.1) is 0 Å². The first kappa shape index (κ1) is 18.7. The number of nitrogens with one attached hydrogen (secondary N) is 2. The van der Waals surface area contributed by atoms with Gasteiger partial charge in [-0.05, 0) is 61.4 Å². The lowest BCUT2D eigenvalue weighted by molar-refractivity contribution is -0.116. The predicted octanol–water partition coefficient (Wildman–Crippen LogP) is 4.25. The van der Waals surface area contributed by atoms with Gasteiger partial charge in [0.15, 0.2) is 0 Å². The standard InChI is InChI=1S/C24H23N3O2/c1-17-5-4-7-19(15-17)24(29)26-21-11-9-20(10-12-21)25-16-23(28)27-14-13-18-6-2-3-8-22(18)27/h2-12,15,25H,13-14,16H2,1H3,(H,26,29). The number of carbonyl (C=O) groups is 2. The van der Waals surface area contributed by atoms with Gasteiger partial charge in [-0.1, -0.05) is 35.9 Å². The Morgan fingerprint density at radius 2 is 1.69 bits per heavy atom. The minimum atomic E-state index is -0.141. The molecule has 0 bridgehead atoms. The van der Waals surface area contributed by atoms with Gasteiger partial charge in [0.25, 0.3) is 5.91 Å². The van der Waals surface area contributed by atoms with Crippen molar-refractivity contribution < 1.29 is 9.59 Å². The molecule has 0 fully saturated rings. The van der Waals surface area contributed by atoms with E-state index in [-0.39, 0.29) is 18.4 Å².